The van der Waals surface area contributed by atoms with Gasteiger partial charge in [-0.1, -0.05) is 60.7 Å². The summed E-state index contributed by atoms with van der Waals surface area (Å²) in [7, 11) is 1.24. The minimum absolute atomic E-state index is 0.0531. The summed E-state index contributed by atoms with van der Waals surface area (Å²) in [6, 6.07) is 17.5. The van der Waals surface area contributed by atoms with Crippen LogP contribution in [0.1, 0.15) is 17.0 Å². The molecule has 0 bridgehead atoms. The highest BCUT2D eigenvalue weighted by atomic mass is 16.6. The van der Waals surface area contributed by atoms with Gasteiger partial charge in [-0.2, -0.15) is 0 Å². The van der Waals surface area contributed by atoms with Gasteiger partial charge < -0.3 is 14.6 Å². The van der Waals surface area contributed by atoms with Crippen LogP contribution < -0.4 is 0 Å². The standard InChI is InChI=1S/C19H16O5/c1-23-18(21)15(13-10-6-3-7-11-13)17-16(20)14(19(22)24-17)12-8-4-2-5-9-12/h2-11,14,16,20H,1H3/b17-15+. The zero-order chi connectivity index (χ0) is 17.1. The number of esters is 2. The molecule has 0 aromatic heterocycles. The zero-order valence-electron chi connectivity index (χ0n) is 13.0. The predicted octanol–water partition coefficient (Wildman–Crippen LogP) is 2.27. The van der Waals surface area contributed by atoms with Crippen molar-refractivity contribution >= 4 is 17.5 Å². The van der Waals surface area contributed by atoms with E-state index in [2.05, 4.69) is 0 Å². The molecule has 1 N–H and O–H groups in total. The maximum Gasteiger partial charge on any atom is 0.342 e. The van der Waals surface area contributed by atoms with Crippen molar-refractivity contribution in [1.29, 1.82) is 0 Å². The molecule has 0 radical (unpaired) electrons. The maximum absolute atomic E-state index is 12.3. The Balaban J connectivity index is 2.10. The predicted molar refractivity (Wildman–Crippen MR) is 86.7 cm³/mol. The van der Waals surface area contributed by atoms with E-state index >= 15 is 0 Å². The van der Waals surface area contributed by atoms with Gasteiger partial charge in [0.1, 0.15) is 17.6 Å². The van der Waals surface area contributed by atoms with Crippen molar-refractivity contribution in [2.45, 2.75) is 12.0 Å². The highest BCUT2D eigenvalue weighted by molar-refractivity contribution is 6.18. The van der Waals surface area contributed by atoms with E-state index < -0.39 is 24.0 Å². The van der Waals surface area contributed by atoms with Crippen LogP contribution in [0.4, 0.5) is 0 Å². The van der Waals surface area contributed by atoms with E-state index in [1.54, 1.807) is 54.6 Å². The van der Waals surface area contributed by atoms with E-state index in [1.165, 1.54) is 7.11 Å². The minimum atomic E-state index is -1.26. The maximum atomic E-state index is 12.3. The van der Waals surface area contributed by atoms with Crippen molar-refractivity contribution in [1.82, 2.24) is 0 Å². The second-order valence-electron chi connectivity index (χ2n) is 5.35. The number of rotatable bonds is 3. The van der Waals surface area contributed by atoms with Crippen LogP contribution >= 0.6 is 0 Å². The third kappa shape index (κ3) is 2.81. The number of aliphatic hydroxyl groups excluding tert-OH is 1. The Morgan fingerprint density at radius 2 is 1.62 bits per heavy atom. The van der Waals surface area contributed by atoms with Crippen LogP contribution in [0, 0.1) is 0 Å². The molecule has 0 saturated carbocycles. The van der Waals surface area contributed by atoms with E-state index in [1.807, 2.05) is 6.07 Å². The summed E-state index contributed by atoms with van der Waals surface area (Å²) in [5.41, 5.74) is 1.19. The Labute approximate surface area is 139 Å². The third-order valence-electron chi connectivity index (χ3n) is 3.91. The Morgan fingerprint density at radius 1 is 1.04 bits per heavy atom. The Morgan fingerprint density at radius 3 is 2.21 bits per heavy atom. The molecule has 0 aliphatic carbocycles. The molecule has 1 fully saturated rings. The second-order valence-corrected chi connectivity index (χ2v) is 5.35. The SMILES string of the molecule is COC(=O)/C(=C1/OC(=O)C(c2ccccc2)C1O)c1ccccc1. The largest absolute Gasteiger partial charge is 0.465 e. The number of benzene rings is 2. The zero-order valence-corrected chi connectivity index (χ0v) is 13.0. The molecule has 0 spiro atoms. The Kier molecular flexibility index (Phi) is 4.44. The van der Waals surface area contributed by atoms with Crippen molar-refractivity contribution in [3.05, 3.63) is 77.5 Å². The van der Waals surface area contributed by atoms with Gasteiger partial charge in [0, 0.05) is 0 Å². The molecule has 2 atom stereocenters. The number of cyclic esters (lactones) is 1. The summed E-state index contributed by atoms with van der Waals surface area (Å²) in [5, 5.41) is 10.6. The number of hydrogen-bond acceptors (Lipinski definition) is 5. The number of ether oxygens (including phenoxy) is 2. The fourth-order valence-electron chi connectivity index (χ4n) is 2.76. The molecule has 122 valence electrons. The van der Waals surface area contributed by atoms with E-state index in [9.17, 15) is 14.7 Å². The summed E-state index contributed by atoms with van der Waals surface area (Å²) < 4.78 is 10.1. The molecule has 0 amide bonds. The molecule has 1 heterocycles. The number of methoxy groups -OCH3 is 1. The van der Waals surface area contributed by atoms with Crippen LogP contribution in [0.5, 0.6) is 0 Å². The average Bonchev–Trinajstić information content (AvgIpc) is 2.91. The van der Waals surface area contributed by atoms with Crippen LogP contribution in [0.25, 0.3) is 5.57 Å². The van der Waals surface area contributed by atoms with E-state index in [0.717, 1.165) is 0 Å². The lowest BCUT2D eigenvalue weighted by Crippen LogP contribution is -2.19. The first-order valence-corrected chi connectivity index (χ1v) is 7.46. The normalized spacial score (nSPS) is 22.0. The summed E-state index contributed by atoms with van der Waals surface area (Å²) in [5.74, 6) is -2.21. The monoisotopic (exact) mass is 324 g/mol. The molecule has 2 aromatic carbocycles. The fourth-order valence-corrected chi connectivity index (χ4v) is 2.76. The van der Waals surface area contributed by atoms with Gasteiger partial charge in [-0.3, -0.25) is 4.79 Å². The van der Waals surface area contributed by atoms with Gasteiger partial charge in [0.15, 0.2) is 5.76 Å². The lowest BCUT2D eigenvalue weighted by molar-refractivity contribution is -0.137. The van der Waals surface area contributed by atoms with Crippen LogP contribution in [-0.4, -0.2) is 30.3 Å². The van der Waals surface area contributed by atoms with Crippen molar-refractivity contribution in [3.63, 3.8) is 0 Å². The molecule has 2 unspecified atom stereocenters. The molecule has 2 aromatic rings. The molecule has 3 rings (SSSR count). The minimum Gasteiger partial charge on any atom is -0.465 e. The van der Waals surface area contributed by atoms with Crippen LogP contribution in [0.3, 0.4) is 0 Å². The summed E-state index contributed by atoms with van der Waals surface area (Å²) in [4.78, 5) is 24.5. The van der Waals surface area contributed by atoms with Crippen LogP contribution in [0.15, 0.2) is 66.4 Å². The topological polar surface area (TPSA) is 72.8 Å². The summed E-state index contributed by atoms with van der Waals surface area (Å²) >= 11 is 0. The van der Waals surface area contributed by atoms with Gasteiger partial charge in [0.2, 0.25) is 0 Å². The summed E-state index contributed by atoms with van der Waals surface area (Å²) in [6.45, 7) is 0. The van der Waals surface area contributed by atoms with Crippen molar-refractivity contribution in [2.75, 3.05) is 7.11 Å². The average molecular weight is 324 g/mol. The molecule has 1 aliphatic rings. The van der Waals surface area contributed by atoms with Gasteiger partial charge in [-0.25, -0.2) is 4.79 Å². The van der Waals surface area contributed by atoms with Crippen molar-refractivity contribution in [3.8, 4) is 0 Å². The van der Waals surface area contributed by atoms with Gasteiger partial charge in [0.05, 0.1) is 7.11 Å². The first-order chi connectivity index (χ1) is 11.6. The van der Waals surface area contributed by atoms with E-state index in [0.29, 0.717) is 11.1 Å². The Bertz CT molecular complexity index is 780. The number of hydrogen-bond donors (Lipinski definition) is 1. The summed E-state index contributed by atoms with van der Waals surface area (Å²) in [6.07, 6.45) is -1.26. The first kappa shape index (κ1) is 16.0. The van der Waals surface area contributed by atoms with Gasteiger partial charge in [-0.05, 0) is 11.1 Å². The number of carbonyl (C=O) groups is 2. The highest BCUT2D eigenvalue weighted by Crippen LogP contribution is 2.37. The lowest BCUT2D eigenvalue weighted by Gasteiger charge is -2.13. The molecule has 1 saturated heterocycles. The van der Waals surface area contributed by atoms with Crippen molar-refractivity contribution in [2.24, 2.45) is 0 Å². The number of carbonyl (C=O) groups excluding carboxylic acids is 2. The van der Waals surface area contributed by atoms with Crippen LogP contribution in [0.2, 0.25) is 0 Å². The third-order valence-corrected chi connectivity index (χ3v) is 3.91. The van der Waals surface area contributed by atoms with Gasteiger partial charge in [-0.15, -0.1) is 0 Å². The van der Waals surface area contributed by atoms with Crippen molar-refractivity contribution < 1.29 is 24.2 Å². The lowest BCUT2D eigenvalue weighted by atomic mass is 9.92. The number of aliphatic hydroxyl groups is 1. The van der Waals surface area contributed by atoms with Crippen LogP contribution in [-0.2, 0) is 19.1 Å². The molecule has 1 aliphatic heterocycles. The molecular weight excluding hydrogens is 308 g/mol. The fraction of sp³-hybridized carbons (Fsp3) is 0.158. The Hall–Kier alpha value is -2.92. The quantitative estimate of drug-likeness (QED) is 0.692. The van der Waals surface area contributed by atoms with Gasteiger partial charge in [0.25, 0.3) is 0 Å². The van der Waals surface area contributed by atoms with E-state index in [-0.39, 0.29) is 11.3 Å². The molecular formula is C19H16O5. The smallest absolute Gasteiger partial charge is 0.342 e. The van der Waals surface area contributed by atoms with E-state index in [4.69, 9.17) is 9.47 Å². The second kappa shape index (κ2) is 6.68. The first-order valence-electron chi connectivity index (χ1n) is 7.46. The van der Waals surface area contributed by atoms with Gasteiger partial charge >= 0.3 is 11.9 Å². The molecule has 5 nitrogen and oxygen atoms in total. The molecule has 5 heteroatoms. The highest BCUT2D eigenvalue weighted by Gasteiger charge is 2.44. The molecule has 24 heavy (non-hydrogen) atoms.